The van der Waals surface area contributed by atoms with E-state index in [4.69, 9.17) is 0 Å². The molecule has 0 bridgehead atoms. The minimum Gasteiger partial charge on any atom is -0.543 e. The summed E-state index contributed by atoms with van der Waals surface area (Å²) in [5.41, 5.74) is -1.35. The highest BCUT2D eigenvalue weighted by molar-refractivity contribution is 6.14. The molecule has 30 heavy (non-hydrogen) atoms. The second-order valence-corrected chi connectivity index (χ2v) is 7.40. The van der Waals surface area contributed by atoms with E-state index in [-0.39, 0.29) is 16.7 Å². The van der Waals surface area contributed by atoms with E-state index in [1.807, 2.05) is 0 Å². The summed E-state index contributed by atoms with van der Waals surface area (Å²) in [5.74, 6) is -2.53. The lowest BCUT2D eigenvalue weighted by Gasteiger charge is -2.42. The summed E-state index contributed by atoms with van der Waals surface area (Å²) in [6, 6.07) is 12.9. The van der Waals surface area contributed by atoms with Crippen molar-refractivity contribution in [1.29, 1.82) is 0 Å². The van der Waals surface area contributed by atoms with Gasteiger partial charge in [-0.3, -0.25) is 19.3 Å². The van der Waals surface area contributed by atoms with E-state index < -0.39 is 35.2 Å². The van der Waals surface area contributed by atoms with Crippen molar-refractivity contribution < 1.29 is 19.5 Å². The van der Waals surface area contributed by atoms with Crippen LogP contribution in [0.4, 0.5) is 11.4 Å². The number of carboxylic acids is 1. The number of carboxylic acid groups (broad SMARTS) is 1. The quantitative estimate of drug-likeness (QED) is 0.678. The van der Waals surface area contributed by atoms with E-state index in [1.54, 1.807) is 50.2 Å². The summed E-state index contributed by atoms with van der Waals surface area (Å²) in [7, 11) is 0. The van der Waals surface area contributed by atoms with Gasteiger partial charge in [0.05, 0.1) is 22.7 Å². The molecule has 0 unspecified atom stereocenters. The van der Waals surface area contributed by atoms with Gasteiger partial charge in [0.1, 0.15) is 17.8 Å². The molecule has 3 aromatic rings. The highest BCUT2D eigenvalue weighted by Crippen LogP contribution is 2.36. The molecule has 9 heteroatoms. The number of para-hydroxylation sites is 2. The van der Waals surface area contributed by atoms with E-state index >= 15 is 0 Å². The Morgan fingerprint density at radius 2 is 1.67 bits per heavy atom. The molecule has 0 fully saturated rings. The molecule has 2 amide bonds. The van der Waals surface area contributed by atoms with Crippen molar-refractivity contribution in [2.24, 2.45) is 0 Å². The molecule has 4 rings (SSSR count). The van der Waals surface area contributed by atoms with Crippen molar-refractivity contribution in [1.82, 2.24) is 9.78 Å². The molecule has 2 aromatic carbocycles. The minimum atomic E-state index is -1.56. The van der Waals surface area contributed by atoms with Crippen LogP contribution in [0.25, 0.3) is 10.8 Å². The highest BCUT2D eigenvalue weighted by Gasteiger charge is 2.43. The van der Waals surface area contributed by atoms with Gasteiger partial charge < -0.3 is 15.2 Å². The van der Waals surface area contributed by atoms with Gasteiger partial charge in [-0.1, -0.05) is 30.3 Å². The maximum absolute atomic E-state index is 13.2. The Labute approximate surface area is 170 Å². The lowest BCUT2D eigenvalue weighted by atomic mass is 9.96. The number of carbonyl (C=O) groups is 3. The number of fused-ring (bicyclic) bond motifs is 2. The monoisotopic (exact) mass is 405 g/mol. The number of anilines is 2. The van der Waals surface area contributed by atoms with Crippen LogP contribution in [0.3, 0.4) is 0 Å². The molecular formula is C21H17N4O5-. The number of carbonyl (C=O) groups excluding carboxylic acids is 3. The van der Waals surface area contributed by atoms with Gasteiger partial charge >= 0.3 is 0 Å². The predicted molar refractivity (Wildman–Crippen MR) is 107 cm³/mol. The second kappa shape index (κ2) is 6.80. The molecule has 1 N–H and O–H groups in total. The average molecular weight is 405 g/mol. The zero-order valence-corrected chi connectivity index (χ0v) is 16.2. The van der Waals surface area contributed by atoms with E-state index in [0.717, 1.165) is 4.68 Å². The Bertz CT molecular complexity index is 1280. The first-order valence-corrected chi connectivity index (χ1v) is 9.16. The number of aromatic carboxylic acids is 1. The lowest BCUT2D eigenvalue weighted by Crippen LogP contribution is -2.59. The number of benzene rings is 2. The summed E-state index contributed by atoms with van der Waals surface area (Å²) in [6.45, 7) is 2.62. The molecule has 0 saturated carbocycles. The SMILES string of the molecule is CC1(C)C(=O)Nc2ccccc2N1C(=O)Cn1nc(C(=O)[O-])c2ccccc2c1=O. The molecule has 2 heterocycles. The predicted octanol–water partition coefficient (Wildman–Crippen LogP) is 0.524. The first-order valence-electron chi connectivity index (χ1n) is 9.16. The molecule has 9 nitrogen and oxygen atoms in total. The first kappa shape index (κ1) is 19.3. The summed E-state index contributed by atoms with van der Waals surface area (Å²) in [4.78, 5) is 51.5. The summed E-state index contributed by atoms with van der Waals surface area (Å²) >= 11 is 0. The van der Waals surface area contributed by atoms with Crippen LogP contribution in [0.15, 0.2) is 53.3 Å². The van der Waals surface area contributed by atoms with Crippen LogP contribution >= 0.6 is 0 Å². The zero-order chi connectivity index (χ0) is 21.6. The molecule has 0 spiro atoms. The Morgan fingerprint density at radius 3 is 2.37 bits per heavy atom. The van der Waals surface area contributed by atoms with Crippen LogP contribution in [0.2, 0.25) is 0 Å². The van der Waals surface area contributed by atoms with Gasteiger partial charge in [-0.2, -0.15) is 5.10 Å². The van der Waals surface area contributed by atoms with E-state index in [1.165, 1.54) is 17.0 Å². The Morgan fingerprint density at radius 1 is 1.03 bits per heavy atom. The first-order chi connectivity index (χ1) is 14.2. The standard InChI is InChI=1S/C21H18N4O5/c1-21(2)20(30)22-14-9-5-6-10-15(14)25(21)16(26)11-24-18(27)13-8-4-3-7-12(13)17(23-24)19(28)29/h3-10H,11H2,1-2H3,(H,22,30)(H,28,29)/p-1. The fourth-order valence-electron chi connectivity index (χ4n) is 3.59. The van der Waals surface area contributed by atoms with Crippen LogP contribution in [0.1, 0.15) is 24.3 Å². The number of nitrogens with zero attached hydrogens (tertiary/aromatic N) is 3. The van der Waals surface area contributed by atoms with Crippen LogP contribution in [-0.4, -0.2) is 33.1 Å². The third-order valence-corrected chi connectivity index (χ3v) is 5.10. The van der Waals surface area contributed by atoms with Crippen LogP contribution < -0.4 is 20.9 Å². The Kier molecular flexibility index (Phi) is 4.38. The van der Waals surface area contributed by atoms with Gasteiger partial charge in [-0.05, 0) is 32.0 Å². The Hall–Kier alpha value is -4.01. The maximum Gasteiger partial charge on any atom is 0.275 e. The molecule has 0 saturated heterocycles. The molecule has 152 valence electrons. The van der Waals surface area contributed by atoms with E-state index in [9.17, 15) is 24.3 Å². The zero-order valence-electron chi connectivity index (χ0n) is 16.2. The molecule has 0 radical (unpaired) electrons. The van der Waals surface area contributed by atoms with Gasteiger partial charge in [0.2, 0.25) is 11.8 Å². The number of amides is 2. The third kappa shape index (κ3) is 2.91. The van der Waals surface area contributed by atoms with Crippen LogP contribution in [-0.2, 0) is 16.1 Å². The highest BCUT2D eigenvalue weighted by atomic mass is 16.4. The molecule has 0 aliphatic carbocycles. The minimum absolute atomic E-state index is 0.107. The van der Waals surface area contributed by atoms with Gasteiger partial charge in [0.25, 0.3) is 5.56 Å². The average Bonchev–Trinajstić information content (AvgIpc) is 2.70. The molecule has 1 aromatic heterocycles. The van der Waals surface area contributed by atoms with Gasteiger partial charge in [-0.25, -0.2) is 4.68 Å². The van der Waals surface area contributed by atoms with E-state index in [0.29, 0.717) is 11.4 Å². The molecular weight excluding hydrogens is 388 g/mol. The number of hydrogen-bond acceptors (Lipinski definition) is 6. The van der Waals surface area contributed by atoms with Gasteiger partial charge in [-0.15, -0.1) is 0 Å². The van der Waals surface area contributed by atoms with Crippen molar-refractivity contribution >= 4 is 39.9 Å². The fourth-order valence-corrected chi connectivity index (χ4v) is 3.59. The van der Waals surface area contributed by atoms with Crippen molar-refractivity contribution in [3.05, 3.63) is 64.6 Å². The van der Waals surface area contributed by atoms with Crippen LogP contribution in [0, 0.1) is 0 Å². The maximum atomic E-state index is 13.2. The lowest BCUT2D eigenvalue weighted by molar-refractivity contribution is -0.255. The van der Waals surface area contributed by atoms with Crippen molar-refractivity contribution in [3.63, 3.8) is 0 Å². The number of aromatic nitrogens is 2. The number of nitrogens with one attached hydrogen (secondary N) is 1. The topological polar surface area (TPSA) is 124 Å². The summed E-state index contributed by atoms with van der Waals surface area (Å²) < 4.78 is 0.793. The number of hydrogen-bond donors (Lipinski definition) is 1. The molecule has 1 aliphatic rings. The summed E-state index contributed by atoms with van der Waals surface area (Å²) in [6.07, 6.45) is 0. The van der Waals surface area contributed by atoms with Crippen molar-refractivity contribution in [2.75, 3.05) is 10.2 Å². The normalized spacial score (nSPS) is 14.9. The summed E-state index contributed by atoms with van der Waals surface area (Å²) in [5, 5.41) is 18.4. The molecule has 0 atom stereocenters. The fraction of sp³-hybridized carbons (Fsp3) is 0.190. The third-order valence-electron chi connectivity index (χ3n) is 5.10. The van der Waals surface area contributed by atoms with Gasteiger partial charge in [0.15, 0.2) is 0 Å². The smallest absolute Gasteiger partial charge is 0.275 e. The van der Waals surface area contributed by atoms with Crippen molar-refractivity contribution in [2.45, 2.75) is 25.9 Å². The Balaban J connectivity index is 1.82. The second-order valence-electron chi connectivity index (χ2n) is 7.40. The molecule has 1 aliphatic heterocycles. The van der Waals surface area contributed by atoms with Crippen molar-refractivity contribution in [3.8, 4) is 0 Å². The van der Waals surface area contributed by atoms with E-state index in [2.05, 4.69) is 10.4 Å². The van der Waals surface area contributed by atoms with Crippen LogP contribution in [0.5, 0.6) is 0 Å². The van der Waals surface area contributed by atoms with Gasteiger partial charge in [0, 0.05) is 5.39 Å². The number of rotatable bonds is 3. The largest absolute Gasteiger partial charge is 0.543 e.